The number of nitrogens with two attached hydrogens (primary N) is 1. The molecule has 1 aliphatic rings. The van der Waals surface area contributed by atoms with E-state index in [1.54, 1.807) is 0 Å². The molecule has 0 aromatic carbocycles. The van der Waals surface area contributed by atoms with Crippen molar-refractivity contribution in [3.05, 3.63) is 0 Å². The first-order chi connectivity index (χ1) is 9.42. The van der Waals surface area contributed by atoms with Crippen molar-refractivity contribution in [2.24, 2.45) is 11.7 Å². The van der Waals surface area contributed by atoms with Gasteiger partial charge < -0.3 is 20.7 Å². The Balaban J connectivity index is 2.51. The van der Waals surface area contributed by atoms with Crippen LogP contribution in [0.3, 0.4) is 0 Å². The molecule has 116 valence electrons. The Morgan fingerprint density at radius 2 is 2.15 bits per heavy atom. The third kappa shape index (κ3) is 5.68. The van der Waals surface area contributed by atoms with Crippen molar-refractivity contribution < 1.29 is 23.1 Å². The third-order valence-corrected chi connectivity index (χ3v) is 3.39. The zero-order chi connectivity index (χ0) is 15.1. The summed E-state index contributed by atoms with van der Waals surface area (Å²) in [6.45, 7) is 0.344. The number of ether oxygens (including phenoxy) is 1. The van der Waals surface area contributed by atoms with E-state index in [1.807, 2.05) is 0 Å². The minimum Gasteiger partial charge on any atom is -0.469 e. The zero-order valence-electron chi connectivity index (χ0n) is 11.5. The fourth-order valence-corrected chi connectivity index (χ4v) is 2.42. The molecule has 1 heterocycles. The van der Waals surface area contributed by atoms with E-state index in [2.05, 4.69) is 10.1 Å². The van der Waals surface area contributed by atoms with Crippen LogP contribution in [0.2, 0.25) is 0 Å². The van der Waals surface area contributed by atoms with E-state index in [0.29, 0.717) is 25.9 Å². The van der Waals surface area contributed by atoms with Gasteiger partial charge in [-0.25, -0.2) is 13.6 Å². The molecule has 0 spiro atoms. The van der Waals surface area contributed by atoms with Crippen LogP contribution in [0.15, 0.2) is 0 Å². The first-order valence-corrected chi connectivity index (χ1v) is 6.55. The Hall–Kier alpha value is -1.44. The number of primary amides is 1. The maximum Gasteiger partial charge on any atom is 0.314 e. The van der Waals surface area contributed by atoms with Crippen molar-refractivity contribution in [2.75, 3.05) is 26.7 Å². The summed E-state index contributed by atoms with van der Waals surface area (Å²) in [5.74, 6) is -0.274. The van der Waals surface area contributed by atoms with E-state index < -0.39 is 19.0 Å². The quantitative estimate of drug-likeness (QED) is 0.701. The van der Waals surface area contributed by atoms with E-state index in [0.717, 1.165) is 0 Å². The van der Waals surface area contributed by atoms with Crippen LogP contribution < -0.4 is 11.1 Å². The lowest BCUT2D eigenvalue weighted by Gasteiger charge is -2.37. The number of carbonyl (C=O) groups excluding carboxylic acids is 2. The lowest BCUT2D eigenvalue weighted by atomic mass is 9.90. The lowest BCUT2D eigenvalue weighted by molar-refractivity contribution is -0.141. The standard InChI is InChI=1S/C12H21F2N3O3/c1-20-11(18)3-2-8-4-9(16-5-10(13)14)7-17(6-8)12(15)19/h8-10,16H,2-7H2,1H3,(H2,15,19). The van der Waals surface area contributed by atoms with Crippen molar-refractivity contribution in [3.63, 3.8) is 0 Å². The molecule has 3 N–H and O–H groups in total. The van der Waals surface area contributed by atoms with Crippen LogP contribution in [-0.2, 0) is 9.53 Å². The molecule has 0 radical (unpaired) electrons. The average Bonchev–Trinajstić information content (AvgIpc) is 2.42. The number of urea groups is 1. The number of amides is 2. The van der Waals surface area contributed by atoms with Crippen molar-refractivity contribution in [3.8, 4) is 0 Å². The number of alkyl halides is 2. The molecule has 0 bridgehead atoms. The summed E-state index contributed by atoms with van der Waals surface area (Å²) in [4.78, 5) is 23.8. The van der Waals surface area contributed by atoms with E-state index in [1.165, 1.54) is 12.0 Å². The van der Waals surface area contributed by atoms with Gasteiger partial charge in [-0.1, -0.05) is 0 Å². The van der Waals surface area contributed by atoms with Crippen LogP contribution in [0, 0.1) is 5.92 Å². The predicted octanol–water partition coefficient (Wildman–Crippen LogP) is 0.564. The highest BCUT2D eigenvalue weighted by Gasteiger charge is 2.29. The summed E-state index contributed by atoms with van der Waals surface area (Å²) in [7, 11) is 1.31. The molecule has 2 atom stereocenters. The number of nitrogens with zero attached hydrogens (tertiary/aromatic N) is 1. The Morgan fingerprint density at radius 3 is 2.70 bits per heavy atom. The van der Waals surface area contributed by atoms with Crippen LogP contribution in [-0.4, -0.2) is 56.1 Å². The molecule has 1 aliphatic heterocycles. The van der Waals surface area contributed by atoms with Crippen molar-refractivity contribution >= 4 is 12.0 Å². The number of rotatable bonds is 6. The van der Waals surface area contributed by atoms with E-state index in [9.17, 15) is 18.4 Å². The second-order valence-electron chi connectivity index (χ2n) is 4.96. The number of halogens is 2. The Kier molecular flexibility index (Phi) is 6.63. The van der Waals surface area contributed by atoms with Crippen LogP contribution in [0.25, 0.3) is 0 Å². The number of nitrogens with one attached hydrogen (secondary N) is 1. The Bertz CT molecular complexity index is 342. The minimum absolute atomic E-state index is 0.0468. The number of piperidine rings is 1. The number of esters is 1. The first kappa shape index (κ1) is 16.6. The molecule has 6 nitrogen and oxygen atoms in total. The summed E-state index contributed by atoms with van der Waals surface area (Å²) < 4.78 is 29.0. The number of carbonyl (C=O) groups is 2. The molecule has 2 amide bonds. The summed E-state index contributed by atoms with van der Waals surface area (Å²) >= 11 is 0. The van der Waals surface area contributed by atoms with Gasteiger partial charge in [-0.3, -0.25) is 4.79 Å². The largest absolute Gasteiger partial charge is 0.469 e. The molecule has 20 heavy (non-hydrogen) atoms. The van der Waals surface area contributed by atoms with Gasteiger partial charge in [0.05, 0.1) is 13.7 Å². The van der Waals surface area contributed by atoms with Gasteiger partial charge >= 0.3 is 12.0 Å². The lowest BCUT2D eigenvalue weighted by Crippen LogP contribution is -2.53. The molecule has 0 aliphatic carbocycles. The summed E-state index contributed by atoms with van der Waals surface area (Å²) in [5.41, 5.74) is 5.25. The fraction of sp³-hybridized carbons (Fsp3) is 0.833. The summed E-state index contributed by atoms with van der Waals surface area (Å²) in [6.07, 6.45) is -1.01. The number of hydrogen-bond donors (Lipinski definition) is 2. The van der Waals surface area contributed by atoms with Crippen molar-refractivity contribution in [1.29, 1.82) is 0 Å². The maximum absolute atomic E-state index is 12.2. The molecule has 2 unspecified atom stereocenters. The minimum atomic E-state index is -2.44. The van der Waals surface area contributed by atoms with Crippen LogP contribution in [0.1, 0.15) is 19.3 Å². The molecule has 1 rings (SSSR count). The topological polar surface area (TPSA) is 84.7 Å². The number of methoxy groups -OCH3 is 1. The SMILES string of the molecule is COC(=O)CCC1CC(NCC(F)F)CN(C(N)=O)C1. The van der Waals surface area contributed by atoms with Gasteiger partial charge in [0.15, 0.2) is 0 Å². The Labute approximate surface area is 116 Å². The highest BCUT2D eigenvalue weighted by Crippen LogP contribution is 2.21. The van der Waals surface area contributed by atoms with Gasteiger partial charge in [-0.15, -0.1) is 0 Å². The zero-order valence-corrected chi connectivity index (χ0v) is 11.5. The van der Waals surface area contributed by atoms with Crippen LogP contribution in [0.5, 0.6) is 0 Å². The molecular weight excluding hydrogens is 272 g/mol. The maximum atomic E-state index is 12.2. The second kappa shape index (κ2) is 7.98. The molecule has 0 saturated carbocycles. The molecule has 8 heteroatoms. The van der Waals surface area contributed by atoms with E-state index in [4.69, 9.17) is 5.73 Å². The van der Waals surface area contributed by atoms with Crippen LogP contribution >= 0.6 is 0 Å². The highest BCUT2D eigenvalue weighted by molar-refractivity contribution is 5.72. The first-order valence-electron chi connectivity index (χ1n) is 6.55. The van der Waals surface area contributed by atoms with Crippen molar-refractivity contribution in [1.82, 2.24) is 10.2 Å². The van der Waals surface area contributed by atoms with Crippen molar-refractivity contribution in [2.45, 2.75) is 31.7 Å². The monoisotopic (exact) mass is 293 g/mol. The predicted molar refractivity (Wildman–Crippen MR) is 68.3 cm³/mol. The van der Waals surface area contributed by atoms with E-state index >= 15 is 0 Å². The van der Waals surface area contributed by atoms with E-state index in [-0.39, 0.29) is 24.3 Å². The van der Waals surface area contributed by atoms with Gasteiger partial charge in [0, 0.05) is 25.6 Å². The van der Waals surface area contributed by atoms with Gasteiger partial charge in [0.25, 0.3) is 6.43 Å². The van der Waals surface area contributed by atoms with Crippen LogP contribution in [0.4, 0.5) is 13.6 Å². The van der Waals surface area contributed by atoms with Gasteiger partial charge in [-0.2, -0.15) is 0 Å². The number of likely N-dealkylation sites (tertiary alicyclic amines) is 1. The fourth-order valence-electron chi connectivity index (χ4n) is 2.42. The molecule has 0 aromatic rings. The summed E-state index contributed by atoms with van der Waals surface area (Å²) in [6, 6.07) is -0.801. The van der Waals surface area contributed by atoms with Gasteiger partial charge in [0.2, 0.25) is 0 Å². The smallest absolute Gasteiger partial charge is 0.314 e. The molecule has 1 saturated heterocycles. The second-order valence-corrected chi connectivity index (χ2v) is 4.96. The summed E-state index contributed by atoms with van der Waals surface area (Å²) in [5, 5.41) is 2.72. The average molecular weight is 293 g/mol. The molecule has 0 aromatic heterocycles. The number of hydrogen-bond acceptors (Lipinski definition) is 4. The van der Waals surface area contributed by atoms with Gasteiger partial charge in [-0.05, 0) is 18.8 Å². The third-order valence-electron chi connectivity index (χ3n) is 3.39. The van der Waals surface area contributed by atoms with Gasteiger partial charge in [0.1, 0.15) is 0 Å². The molecular formula is C12H21F2N3O3. The Morgan fingerprint density at radius 1 is 1.45 bits per heavy atom. The highest BCUT2D eigenvalue weighted by atomic mass is 19.3. The molecule has 1 fully saturated rings. The normalized spacial score (nSPS) is 22.9.